The number of rotatable bonds is 7. The zero-order chi connectivity index (χ0) is 13.6. The van der Waals surface area contributed by atoms with Crippen molar-refractivity contribution < 1.29 is 4.74 Å². The van der Waals surface area contributed by atoms with Gasteiger partial charge in [0, 0.05) is 25.7 Å². The number of hydrogen-bond acceptors (Lipinski definition) is 3. The molecular formula is C15H26N2O. The SMILES string of the molecule is CCC(C)(C)NCCN(C)c1ccccc1OC. The second-order valence-corrected chi connectivity index (χ2v) is 5.26. The minimum Gasteiger partial charge on any atom is -0.495 e. The first-order valence-corrected chi connectivity index (χ1v) is 6.59. The minimum absolute atomic E-state index is 0.210. The van der Waals surface area contributed by atoms with Gasteiger partial charge in [-0.1, -0.05) is 19.1 Å². The van der Waals surface area contributed by atoms with E-state index < -0.39 is 0 Å². The predicted octanol–water partition coefficient (Wildman–Crippen LogP) is 2.91. The molecule has 0 saturated carbocycles. The highest BCUT2D eigenvalue weighted by molar-refractivity contribution is 5.57. The highest BCUT2D eigenvalue weighted by atomic mass is 16.5. The van der Waals surface area contributed by atoms with Crippen LogP contribution in [0.5, 0.6) is 5.75 Å². The Labute approximate surface area is 111 Å². The molecule has 3 heteroatoms. The highest BCUT2D eigenvalue weighted by Gasteiger charge is 2.14. The number of anilines is 1. The Morgan fingerprint density at radius 2 is 1.94 bits per heavy atom. The van der Waals surface area contributed by atoms with Crippen molar-refractivity contribution in [2.45, 2.75) is 32.7 Å². The van der Waals surface area contributed by atoms with E-state index in [1.807, 2.05) is 18.2 Å². The van der Waals surface area contributed by atoms with Gasteiger partial charge < -0.3 is 15.0 Å². The molecule has 1 aromatic carbocycles. The summed E-state index contributed by atoms with van der Waals surface area (Å²) in [5.41, 5.74) is 1.35. The molecule has 0 saturated heterocycles. The molecule has 1 N–H and O–H groups in total. The lowest BCUT2D eigenvalue weighted by molar-refractivity contribution is 0.380. The third kappa shape index (κ3) is 4.22. The predicted molar refractivity (Wildman–Crippen MR) is 78.6 cm³/mol. The van der Waals surface area contributed by atoms with Crippen LogP contribution in [-0.2, 0) is 0 Å². The Kier molecular flexibility index (Phi) is 5.48. The minimum atomic E-state index is 0.210. The Balaban J connectivity index is 2.53. The summed E-state index contributed by atoms with van der Waals surface area (Å²) in [5.74, 6) is 0.926. The van der Waals surface area contributed by atoms with E-state index in [1.54, 1.807) is 7.11 Å². The molecule has 0 spiro atoms. The zero-order valence-electron chi connectivity index (χ0n) is 12.3. The molecule has 0 fully saturated rings. The molecule has 0 aliphatic rings. The molecule has 0 aliphatic carbocycles. The highest BCUT2D eigenvalue weighted by Crippen LogP contribution is 2.26. The molecule has 0 aliphatic heterocycles. The fourth-order valence-corrected chi connectivity index (χ4v) is 1.75. The van der Waals surface area contributed by atoms with Gasteiger partial charge in [-0.15, -0.1) is 0 Å². The Morgan fingerprint density at radius 1 is 1.28 bits per heavy atom. The Bertz CT molecular complexity index is 363. The molecule has 0 amide bonds. The van der Waals surface area contributed by atoms with E-state index in [1.165, 1.54) is 0 Å². The van der Waals surface area contributed by atoms with E-state index in [0.717, 1.165) is 30.9 Å². The summed E-state index contributed by atoms with van der Waals surface area (Å²) in [6.07, 6.45) is 1.13. The molecule has 1 aromatic rings. The number of benzene rings is 1. The van der Waals surface area contributed by atoms with Crippen LogP contribution in [0.4, 0.5) is 5.69 Å². The maximum absolute atomic E-state index is 5.37. The standard InChI is InChI=1S/C15H26N2O/c1-6-15(2,3)16-11-12-17(4)13-9-7-8-10-14(13)18-5/h7-10,16H,6,11-12H2,1-5H3. The maximum atomic E-state index is 5.37. The fourth-order valence-electron chi connectivity index (χ4n) is 1.75. The molecule has 102 valence electrons. The van der Waals surface area contributed by atoms with Crippen molar-refractivity contribution in [1.82, 2.24) is 5.32 Å². The second kappa shape index (κ2) is 6.64. The number of methoxy groups -OCH3 is 1. The molecule has 1 rings (SSSR count). The summed E-state index contributed by atoms with van der Waals surface area (Å²) in [6, 6.07) is 8.12. The summed E-state index contributed by atoms with van der Waals surface area (Å²) in [7, 11) is 3.81. The van der Waals surface area contributed by atoms with Crippen molar-refractivity contribution in [2.24, 2.45) is 0 Å². The summed E-state index contributed by atoms with van der Waals surface area (Å²) in [5, 5.41) is 3.56. The average molecular weight is 250 g/mol. The second-order valence-electron chi connectivity index (χ2n) is 5.26. The van der Waals surface area contributed by atoms with Gasteiger partial charge in [-0.05, 0) is 32.4 Å². The van der Waals surface area contributed by atoms with Crippen molar-refractivity contribution in [1.29, 1.82) is 0 Å². The zero-order valence-corrected chi connectivity index (χ0v) is 12.3. The third-order valence-corrected chi connectivity index (χ3v) is 3.43. The van der Waals surface area contributed by atoms with E-state index in [-0.39, 0.29) is 5.54 Å². The van der Waals surface area contributed by atoms with Crippen molar-refractivity contribution in [3.05, 3.63) is 24.3 Å². The van der Waals surface area contributed by atoms with Crippen molar-refractivity contribution in [2.75, 3.05) is 32.1 Å². The van der Waals surface area contributed by atoms with Gasteiger partial charge in [-0.25, -0.2) is 0 Å². The molecular weight excluding hydrogens is 224 g/mol. The first-order chi connectivity index (χ1) is 8.50. The van der Waals surface area contributed by atoms with Gasteiger partial charge in [-0.2, -0.15) is 0 Å². The number of hydrogen-bond donors (Lipinski definition) is 1. The molecule has 0 radical (unpaired) electrons. The van der Waals surface area contributed by atoms with Crippen LogP contribution in [0.15, 0.2) is 24.3 Å². The van der Waals surface area contributed by atoms with Crippen molar-refractivity contribution in [3.63, 3.8) is 0 Å². The van der Waals surface area contributed by atoms with Crippen molar-refractivity contribution >= 4 is 5.69 Å². The lowest BCUT2D eigenvalue weighted by Crippen LogP contribution is -2.42. The van der Waals surface area contributed by atoms with Crippen LogP contribution in [0.25, 0.3) is 0 Å². The largest absolute Gasteiger partial charge is 0.495 e. The lowest BCUT2D eigenvalue weighted by atomic mass is 10.0. The van der Waals surface area contributed by atoms with E-state index in [9.17, 15) is 0 Å². The van der Waals surface area contributed by atoms with Gasteiger partial charge in [0.1, 0.15) is 5.75 Å². The van der Waals surface area contributed by atoms with Gasteiger partial charge in [0.25, 0.3) is 0 Å². The summed E-state index contributed by atoms with van der Waals surface area (Å²) in [6.45, 7) is 8.60. The average Bonchev–Trinajstić information content (AvgIpc) is 2.38. The maximum Gasteiger partial charge on any atom is 0.142 e. The molecule has 0 unspecified atom stereocenters. The normalized spacial score (nSPS) is 11.4. The fraction of sp³-hybridized carbons (Fsp3) is 0.600. The monoisotopic (exact) mass is 250 g/mol. The smallest absolute Gasteiger partial charge is 0.142 e. The molecule has 3 nitrogen and oxygen atoms in total. The summed E-state index contributed by atoms with van der Waals surface area (Å²) >= 11 is 0. The number of nitrogens with zero attached hydrogens (tertiary/aromatic N) is 1. The first kappa shape index (κ1) is 14.8. The van der Waals surface area contributed by atoms with Gasteiger partial charge >= 0.3 is 0 Å². The van der Waals surface area contributed by atoms with Crippen LogP contribution in [0.1, 0.15) is 27.2 Å². The van der Waals surface area contributed by atoms with Gasteiger partial charge in [-0.3, -0.25) is 0 Å². The van der Waals surface area contributed by atoms with E-state index in [0.29, 0.717) is 0 Å². The third-order valence-electron chi connectivity index (χ3n) is 3.43. The molecule has 0 aromatic heterocycles. The van der Waals surface area contributed by atoms with Gasteiger partial charge in [0.05, 0.1) is 12.8 Å². The van der Waals surface area contributed by atoms with Gasteiger partial charge in [0.15, 0.2) is 0 Å². The molecule has 0 atom stereocenters. The van der Waals surface area contributed by atoms with E-state index in [2.05, 4.69) is 44.1 Å². The van der Waals surface area contributed by atoms with Crippen LogP contribution >= 0.6 is 0 Å². The van der Waals surface area contributed by atoms with Crippen LogP contribution in [-0.4, -0.2) is 32.8 Å². The van der Waals surface area contributed by atoms with Crippen LogP contribution in [0.3, 0.4) is 0 Å². The first-order valence-electron chi connectivity index (χ1n) is 6.59. The quantitative estimate of drug-likeness (QED) is 0.805. The lowest BCUT2D eigenvalue weighted by Gasteiger charge is -2.27. The Hall–Kier alpha value is -1.22. The van der Waals surface area contributed by atoms with E-state index >= 15 is 0 Å². The van der Waals surface area contributed by atoms with Crippen molar-refractivity contribution in [3.8, 4) is 5.75 Å². The number of nitrogens with one attached hydrogen (secondary N) is 1. The number of likely N-dealkylation sites (N-methyl/N-ethyl adjacent to an activating group) is 1. The van der Waals surface area contributed by atoms with Crippen LogP contribution in [0.2, 0.25) is 0 Å². The Morgan fingerprint density at radius 3 is 2.56 bits per heavy atom. The van der Waals surface area contributed by atoms with Gasteiger partial charge in [0.2, 0.25) is 0 Å². The summed E-state index contributed by atoms with van der Waals surface area (Å²) < 4.78 is 5.37. The van der Waals surface area contributed by atoms with Crippen LogP contribution in [0, 0.1) is 0 Å². The number of para-hydroxylation sites is 2. The number of ether oxygens (including phenoxy) is 1. The summed E-state index contributed by atoms with van der Waals surface area (Å²) in [4.78, 5) is 2.22. The molecule has 0 heterocycles. The van der Waals surface area contributed by atoms with Crippen LogP contribution < -0.4 is 15.0 Å². The van der Waals surface area contributed by atoms with E-state index in [4.69, 9.17) is 4.74 Å². The topological polar surface area (TPSA) is 24.5 Å². The molecule has 0 bridgehead atoms. The molecule has 18 heavy (non-hydrogen) atoms.